The molecule has 2 aromatic heterocycles. The molecule has 0 fully saturated rings. The number of carbonyl (C=O) groups is 1. The van der Waals surface area contributed by atoms with Crippen molar-refractivity contribution in [1.29, 1.82) is 0 Å². The number of aromatic nitrogens is 2. The molecule has 25 heavy (non-hydrogen) atoms. The monoisotopic (exact) mass is 400 g/mol. The lowest BCUT2D eigenvalue weighted by Gasteiger charge is -2.07. The Bertz CT molecular complexity index is 929. The molecule has 1 aliphatic rings. The van der Waals surface area contributed by atoms with Crippen LogP contribution in [0.15, 0.2) is 48.8 Å². The first-order valence-corrected chi connectivity index (χ1v) is 8.00. The van der Waals surface area contributed by atoms with Gasteiger partial charge < -0.3 is 26.5 Å². The Balaban J connectivity index is 0.00000182. The maximum Gasteiger partial charge on any atom is 0.363 e. The van der Waals surface area contributed by atoms with Crippen LogP contribution in [-0.4, -0.2) is 24.2 Å². The van der Waals surface area contributed by atoms with Crippen LogP contribution >= 0.6 is 0 Å². The zero-order valence-electron chi connectivity index (χ0n) is 13.7. The van der Waals surface area contributed by atoms with Crippen molar-refractivity contribution in [3.8, 4) is 11.4 Å². The normalized spacial score (nSPS) is 12.2. The zero-order chi connectivity index (χ0) is 16.5. The minimum Gasteiger partial charge on any atom is -1.00 e. The second-order valence-corrected chi connectivity index (χ2v) is 5.61. The van der Waals surface area contributed by atoms with Gasteiger partial charge in [-0.2, -0.15) is 4.57 Å². The Hall–Kier alpha value is -2.47. The summed E-state index contributed by atoms with van der Waals surface area (Å²) in [6, 6.07) is 11.7. The molecule has 0 bridgehead atoms. The van der Waals surface area contributed by atoms with Crippen LogP contribution in [0.2, 0.25) is 0 Å². The van der Waals surface area contributed by atoms with Crippen LogP contribution in [0.25, 0.3) is 16.6 Å². The number of fused-ring (bicyclic) bond motifs is 2. The van der Waals surface area contributed by atoms with Gasteiger partial charge in [0, 0.05) is 36.1 Å². The highest BCUT2D eigenvalue weighted by Crippen LogP contribution is 2.30. The van der Waals surface area contributed by atoms with Crippen molar-refractivity contribution in [1.82, 2.24) is 4.98 Å². The Kier molecular flexibility index (Phi) is 4.99. The Morgan fingerprint density at radius 2 is 2.04 bits per heavy atom. The van der Waals surface area contributed by atoms with E-state index in [-0.39, 0.29) is 17.0 Å². The molecule has 128 valence electrons. The smallest absolute Gasteiger partial charge is 0.363 e. The van der Waals surface area contributed by atoms with Gasteiger partial charge in [0.05, 0.1) is 18.7 Å². The number of esters is 1. The molecule has 0 N–H and O–H groups in total. The van der Waals surface area contributed by atoms with E-state index in [9.17, 15) is 4.79 Å². The third-order valence-electron chi connectivity index (χ3n) is 4.07. The number of rotatable bonds is 3. The van der Waals surface area contributed by atoms with Gasteiger partial charge in [0.1, 0.15) is 5.75 Å². The first-order valence-electron chi connectivity index (χ1n) is 8.00. The van der Waals surface area contributed by atoms with E-state index in [0.29, 0.717) is 24.6 Å². The van der Waals surface area contributed by atoms with Crippen LogP contribution in [0.5, 0.6) is 5.75 Å². The fourth-order valence-corrected chi connectivity index (χ4v) is 2.95. The molecular formula is C19H17BrN2O3. The average Bonchev–Trinajstić information content (AvgIpc) is 3.06. The molecule has 0 radical (unpaired) electrons. The quantitative estimate of drug-likeness (QED) is 0.444. The van der Waals surface area contributed by atoms with E-state index in [4.69, 9.17) is 9.47 Å². The number of hydrogen-bond acceptors (Lipinski definition) is 4. The van der Waals surface area contributed by atoms with Crippen LogP contribution in [0.4, 0.5) is 0 Å². The minimum atomic E-state index is -0.424. The van der Waals surface area contributed by atoms with Gasteiger partial charge in [-0.25, -0.2) is 9.78 Å². The van der Waals surface area contributed by atoms with Crippen molar-refractivity contribution < 1.29 is 35.8 Å². The van der Waals surface area contributed by atoms with Crippen LogP contribution in [0, 0.1) is 0 Å². The molecule has 6 heteroatoms. The molecule has 1 aromatic carbocycles. The SMILES string of the molecule is CCOC(=O)c1nc2cc3c(cc2cc1-[n+]1ccccc1)CCO3.[Br-]. The highest BCUT2D eigenvalue weighted by molar-refractivity contribution is 5.95. The molecule has 0 amide bonds. The van der Waals surface area contributed by atoms with Gasteiger partial charge in [-0.05, 0) is 18.6 Å². The molecular weight excluding hydrogens is 384 g/mol. The van der Waals surface area contributed by atoms with Gasteiger partial charge in [-0.15, -0.1) is 0 Å². The fraction of sp³-hybridized carbons (Fsp3) is 0.211. The molecule has 0 atom stereocenters. The molecule has 0 aliphatic carbocycles. The molecule has 3 aromatic rings. The van der Waals surface area contributed by atoms with E-state index >= 15 is 0 Å². The van der Waals surface area contributed by atoms with Gasteiger partial charge in [0.25, 0.3) is 0 Å². The maximum absolute atomic E-state index is 12.4. The lowest BCUT2D eigenvalue weighted by molar-refractivity contribution is -0.596. The van der Waals surface area contributed by atoms with Gasteiger partial charge in [-0.1, -0.05) is 6.07 Å². The van der Waals surface area contributed by atoms with E-state index in [1.165, 1.54) is 5.56 Å². The number of hydrogen-bond donors (Lipinski definition) is 0. The van der Waals surface area contributed by atoms with Crippen molar-refractivity contribution in [2.45, 2.75) is 13.3 Å². The predicted molar refractivity (Wildman–Crippen MR) is 88.4 cm³/mol. The van der Waals surface area contributed by atoms with E-state index in [0.717, 1.165) is 23.1 Å². The maximum atomic E-state index is 12.4. The summed E-state index contributed by atoms with van der Waals surface area (Å²) in [7, 11) is 0. The summed E-state index contributed by atoms with van der Waals surface area (Å²) in [6.45, 7) is 2.79. The first-order chi connectivity index (χ1) is 11.8. The topological polar surface area (TPSA) is 52.3 Å². The van der Waals surface area contributed by atoms with Gasteiger partial charge >= 0.3 is 5.97 Å². The number of benzene rings is 1. The Morgan fingerprint density at radius 1 is 1.24 bits per heavy atom. The van der Waals surface area contributed by atoms with Crippen molar-refractivity contribution in [3.05, 3.63) is 60.0 Å². The van der Waals surface area contributed by atoms with Crippen LogP contribution in [0.1, 0.15) is 23.0 Å². The van der Waals surface area contributed by atoms with Crippen molar-refractivity contribution in [2.24, 2.45) is 0 Å². The summed E-state index contributed by atoms with van der Waals surface area (Å²) >= 11 is 0. The fourth-order valence-electron chi connectivity index (χ4n) is 2.95. The summed E-state index contributed by atoms with van der Waals surface area (Å²) in [6.07, 6.45) is 4.68. The Morgan fingerprint density at radius 3 is 2.80 bits per heavy atom. The molecule has 0 unspecified atom stereocenters. The highest BCUT2D eigenvalue weighted by atomic mass is 79.9. The summed E-state index contributed by atoms with van der Waals surface area (Å²) in [5, 5.41) is 0.985. The third-order valence-corrected chi connectivity index (χ3v) is 4.07. The summed E-state index contributed by atoms with van der Waals surface area (Å²) in [5.41, 5.74) is 2.93. The number of carbonyl (C=O) groups excluding carboxylic acids is 1. The molecule has 0 spiro atoms. The molecule has 0 saturated carbocycles. The molecule has 4 rings (SSSR count). The van der Waals surface area contributed by atoms with Crippen molar-refractivity contribution in [3.63, 3.8) is 0 Å². The van der Waals surface area contributed by atoms with Crippen LogP contribution in [-0.2, 0) is 11.2 Å². The van der Waals surface area contributed by atoms with E-state index in [1.807, 2.05) is 47.3 Å². The van der Waals surface area contributed by atoms with Gasteiger partial charge in [0.15, 0.2) is 12.4 Å². The second kappa shape index (κ2) is 7.19. The summed E-state index contributed by atoms with van der Waals surface area (Å²) in [5.74, 6) is 0.428. The van der Waals surface area contributed by atoms with E-state index < -0.39 is 5.97 Å². The summed E-state index contributed by atoms with van der Waals surface area (Å²) in [4.78, 5) is 17.0. The zero-order valence-corrected chi connectivity index (χ0v) is 15.3. The van der Waals surface area contributed by atoms with Gasteiger partial charge in [-0.3, -0.25) is 0 Å². The predicted octanol–water partition coefficient (Wildman–Crippen LogP) is -0.373. The number of halogens is 1. The van der Waals surface area contributed by atoms with Crippen LogP contribution < -0.4 is 26.3 Å². The molecule has 1 aliphatic heterocycles. The van der Waals surface area contributed by atoms with E-state index in [2.05, 4.69) is 11.1 Å². The third kappa shape index (κ3) is 3.22. The second-order valence-electron chi connectivity index (χ2n) is 5.61. The molecule has 3 heterocycles. The highest BCUT2D eigenvalue weighted by Gasteiger charge is 2.24. The van der Waals surface area contributed by atoms with Gasteiger partial charge in [0.2, 0.25) is 11.4 Å². The largest absolute Gasteiger partial charge is 1.00 e. The number of nitrogens with zero attached hydrogens (tertiary/aromatic N) is 2. The standard InChI is InChI=1S/C19H17N2O3.BrH/c1-2-23-19(22)18-16(21-7-4-3-5-8-21)11-14-10-13-6-9-24-17(13)12-15(14)20-18;/h3-5,7-8,10-12H,2,6,9H2,1H3;1H/q+1;/p-1. The van der Waals surface area contributed by atoms with Crippen LogP contribution in [0.3, 0.4) is 0 Å². The number of ether oxygens (including phenoxy) is 2. The number of pyridine rings is 2. The van der Waals surface area contributed by atoms with Crippen molar-refractivity contribution >= 4 is 16.9 Å². The summed E-state index contributed by atoms with van der Waals surface area (Å²) < 4.78 is 12.7. The minimum absolute atomic E-state index is 0. The Labute approximate surface area is 156 Å². The van der Waals surface area contributed by atoms with Crippen molar-refractivity contribution in [2.75, 3.05) is 13.2 Å². The average molecular weight is 401 g/mol. The molecule has 0 saturated heterocycles. The first kappa shape index (κ1) is 17.4. The molecule has 5 nitrogen and oxygen atoms in total. The van der Waals surface area contributed by atoms with E-state index in [1.54, 1.807) is 6.92 Å². The lowest BCUT2D eigenvalue weighted by Crippen LogP contribution is -3.00. The lowest BCUT2D eigenvalue weighted by atomic mass is 10.1.